The molecule has 0 heterocycles. The number of carbonyl (C=O) groups excluding carboxylic acids is 1. The molecule has 0 bridgehead atoms. The summed E-state index contributed by atoms with van der Waals surface area (Å²) in [6.45, 7) is -0.206. The quantitative estimate of drug-likeness (QED) is 0.430. The minimum Gasteiger partial charge on any atom is -0.399 e. The molecule has 0 unspecified atom stereocenters. The minimum atomic E-state index is -3.73. The fourth-order valence-corrected chi connectivity index (χ4v) is 4.96. The number of halogens is 2. The Labute approximate surface area is 133 Å². The van der Waals surface area contributed by atoms with Gasteiger partial charge in [-0.3, -0.25) is 4.79 Å². The minimum absolute atomic E-state index is 0.0128. The summed E-state index contributed by atoms with van der Waals surface area (Å²) in [5.74, 6) is -0.614. The van der Waals surface area contributed by atoms with Gasteiger partial charge in [-0.25, -0.2) is 13.1 Å². The Kier molecular flexibility index (Phi) is 6.40. The molecule has 0 saturated carbocycles. The Morgan fingerprint density at radius 1 is 1.30 bits per heavy atom. The van der Waals surface area contributed by atoms with Crippen molar-refractivity contribution in [3.05, 3.63) is 21.1 Å². The average molecular weight is 431 g/mol. The van der Waals surface area contributed by atoms with Gasteiger partial charge in [-0.1, -0.05) is 0 Å². The third kappa shape index (κ3) is 5.02. The zero-order chi connectivity index (χ0) is 15.3. The van der Waals surface area contributed by atoms with Crippen LogP contribution in [-0.2, 0) is 19.6 Å². The van der Waals surface area contributed by atoms with Gasteiger partial charge in [0.25, 0.3) is 0 Å². The van der Waals surface area contributed by atoms with E-state index < -0.39 is 15.9 Å². The Morgan fingerprint density at radius 3 is 2.35 bits per heavy atom. The molecule has 0 saturated heterocycles. The van der Waals surface area contributed by atoms with Gasteiger partial charge in [0.2, 0.25) is 15.9 Å². The van der Waals surface area contributed by atoms with E-state index in [2.05, 4.69) is 36.6 Å². The van der Waals surface area contributed by atoms with Crippen molar-refractivity contribution in [2.75, 3.05) is 25.5 Å². The number of anilines is 1. The summed E-state index contributed by atoms with van der Waals surface area (Å²) in [5.41, 5.74) is 10.9. The predicted molar refractivity (Wildman–Crippen MR) is 81.5 cm³/mol. The van der Waals surface area contributed by atoms with Gasteiger partial charge in [0.05, 0.1) is 6.61 Å². The summed E-state index contributed by atoms with van der Waals surface area (Å²) in [7, 11) is -3.73. The highest BCUT2D eigenvalue weighted by Crippen LogP contribution is 2.32. The Hall–Kier alpha value is -0.680. The van der Waals surface area contributed by atoms with E-state index in [0.29, 0.717) is 14.6 Å². The molecule has 0 aliphatic carbocycles. The zero-order valence-corrected chi connectivity index (χ0v) is 14.2. The Bertz CT molecular complexity index is 584. The molecule has 0 spiro atoms. The largest absolute Gasteiger partial charge is 0.399 e. The number of hydrogen-bond donors (Lipinski definition) is 3. The number of primary amides is 1. The van der Waals surface area contributed by atoms with E-state index >= 15 is 0 Å². The summed E-state index contributed by atoms with van der Waals surface area (Å²) in [4.78, 5) is 10.5. The first-order valence-electron chi connectivity index (χ1n) is 5.34. The highest BCUT2D eigenvalue weighted by molar-refractivity contribution is 9.11. The number of benzene rings is 1. The van der Waals surface area contributed by atoms with Crippen molar-refractivity contribution < 1.29 is 17.9 Å². The standard InChI is InChI=1S/C10H13Br2N3O4S/c11-7-3-6(13)4-8(12)10(7)20(17,18)15-1-2-19-5-9(14)16/h3-4,15H,1-2,5,13H2,(H2,14,16). The lowest BCUT2D eigenvalue weighted by Crippen LogP contribution is -2.29. The highest BCUT2D eigenvalue weighted by atomic mass is 79.9. The van der Waals surface area contributed by atoms with E-state index in [1.807, 2.05) is 0 Å². The number of sulfonamides is 1. The molecule has 1 rings (SSSR count). The first-order chi connectivity index (χ1) is 9.24. The summed E-state index contributed by atoms with van der Waals surface area (Å²) in [6, 6.07) is 2.98. The molecule has 20 heavy (non-hydrogen) atoms. The molecule has 1 amide bonds. The molecule has 0 aliphatic rings. The van der Waals surface area contributed by atoms with Crippen LogP contribution >= 0.6 is 31.9 Å². The van der Waals surface area contributed by atoms with Crippen LogP contribution in [0.15, 0.2) is 26.0 Å². The average Bonchev–Trinajstić information content (AvgIpc) is 2.25. The van der Waals surface area contributed by atoms with Crippen molar-refractivity contribution in [1.82, 2.24) is 4.72 Å². The normalized spacial score (nSPS) is 11.5. The highest BCUT2D eigenvalue weighted by Gasteiger charge is 2.21. The number of nitrogens with one attached hydrogen (secondary N) is 1. The van der Waals surface area contributed by atoms with E-state index in [-0.39, 0.29) is 24.7 Å². The Morgan fingerprint density at radius 2 is 1.85 bits per heavy atom. The van der Waals surface area contributed by atoms with Crippen molar-refractivity contribution >= 4 is 53.5 Å². The molecule has 0 fully saturated rings. The second kappa shape index (κ2) is 7.36. The molecule has 0 aromatic heterocycles. The number of hydrogen-bond acceptors (Lipinski definition) is 5. The molecule has 0 radical (unpaired) electrons. The van der Waals surface area contributed by atoms with Crippen LogP contribution in [0.3, 0.4) is 0 Å². The van der Waals surface area contributed by atoms with Gasteiger partial charge in [0.1, 0.15) is 11.5 Å². The molecule has 7 nitrogen and oxygen atoms in total. The SMILES string of the molecule is NC(=O)COCCNS(=O)(=O)c1c(Br)cc(N)cc1Br. The number of amides is 1. The van der Waals surface area contributed by atoms with Crippen LogP contribution in [-0.4, -0.2) is 34.1 Å². The topological polar surface area (TPSA) is 125 Å². The Balaban J connectivity index is 2.73. The summed E-state index contributed by atoms with van der Waals surface area (Å²) in [6.07, 6.45) is 0. The van der Waals surface area contributed by atoms with E-state index in [9.17, 15) is 13.2 Å². The second-order valence-electron chi connectivity index (χ2n) is 3.73. The fraction of sp³-hybridized carbons (Fsp3) is 0.300. The zero-order valence-electron chi connectivity index (χ0n) is 10.2. The maximum atomic E-state index is 12.1. The number of carbonyl (C=O) groups is 1. The number of rotatable bonds is 7. The van der Waals surface area contributed by atoms with Gasteiger partial charge in [-0.05, 0) is 44.0 Å². The second-order valence-corrected chi connectivity index (χ2v) is 7.14. The monoisotopic (exact) mass is 429 g/mol. The van der Waals surface area contributed by atoms with Gasteiger partial charge in [0.15, 0.2) is 0 Å². The maximum absolute atomic E-state index is 12.1. The van der Waals surface area contributed by atoms with Crippen LogP contribution in [0, 0.1) is 0 Å². The molecular weight excluding hydrogens is 418 g/mol. The van der Waals surface area contributed by atoms with Gasteiger partial charge < -0.3 is 16.2 Å². The molecule has 0 aliphatic heterocycles. The van der Waals surface area contributed by atoms with Crippen LogP contribution in [0.1, 0.15) is 0 Å². The lowest BCUT2D eigenvalue weighted by atomic mass is 10.3. The van der Waals surface area contributed by atoms with E-state index in [0.717, 1.165) is 0 Å². The van der Waals surface area contributed by atoms with E-state index in [1.165, 1.54) is 12.1 Å². The third-order valence-electron chi connectivity index (χ3n) is 2.07. The van der Waals surface area contributed by atoms with Crippen LogP contribution in [0.5, 0.6) is 0 Å². The maximum Gasteiger partial charge on any atom is 0.243 e. The third-order valence-corrected chi connectivity index (χ3v) is 5.41. The van der Waals surface area contributed by atoms with E-state index in [4.69, 9.17) is 16.2 Å². The molecule has 1 aromatic carbocycles. The van der Waals surface area contributed by atoms with Gasteiger partial charge in [-0.2, -0.15) is 0 Å². The van der Waals surface area contributed by atoms with Gasteiger partial charge >= 0.3 is 0 Å². The lowest BCUT2D eigenvalue weighted by molar-refractivity contribution is -0.122. The number of nitrogen functional groups attached to an aromatic ring is 1. The fourth-order valence-electron chi connectivity index (χ4n) is 1.33. The summed E-state index contributed by atoms with van der Waals surface area (Å²) < 4.78 is 32.1. The molecular formula is C10H13Br2N3O4S. The van der Waals surface area contributed by atoms with Crippen LogP contribution in [0.25, 0.3) is 0 Å². The number of ether oxygens (including phenoxy) is 1. The van der Waals surface area contributed by atoms with Crippen LogP contribution in [0.2, 0.25) is 0 Å². The summed E-state index contributed by atoms with van der Waals surface area (Å²) in [5, 5.41) is 0. The molecule has 5 N–H and O–H groups in total. The first-order valence-corrected chi connectivity index (χ1v) is 8.41. The smallest absolute Gasteiger partial charge is 0.243 e. The molecule has 0 atom stereocenters. The first kappa shape index (κ1) is 17.4. The molecule has 1 aromatic rings. The van der Waals surface area contributed by atoms with Crippen LogP contribution < -0.4 is 16.2 Å². The number of nitrogens with two attached hydrogens (primary N) is 2. The predicted octanol–water partition coefficient (Wildman–Crippen LogP) is 0.574. The van der Waals surface area contributed by atoms with Crippen molar-refractivity contribution in [2.45, 2.75) is 4.90 Å². The molecule has 112 valence electrons. The summed E-state index contributed by atoms with van der Waals surface area (Å²) >= 11 is 6.31. The van der Waals surface area contributed by atoms with Crippen molar-refractivity contribution in [2.24, 2.45) is 5.73 Å². The lowest BCUT2D eigenvalue weighted by Gasteiger charge is -2.11. The van der Waals surface area contributed by atoms with Gasteiger partial charge in [0, 0.05) is 21.2 Å². The van der Waals surface area contributed by atoms with Crippen molar-refractivity contribution in [3.63, 3.8) is 0 Å². The molecule has 10 heteroatoms. The van der Waals surface area contributed by atoms with Crippen molar-refractivity contribution in [3.8, 4) is 0 Å². The van der Waals surface area contributed by atoms with E-state index in [1.54, 1.807) is 0 Å². The van der Waals surface area contributed by atoms with Crippen molar-refractivity contribution in [1.29, 1.82) is 0 Å². The van der Waals surface area contributed by atoms with Crippen LogP contribution in [0.4, 0.5) is 5.69 Å². The van der Waals surface area contributed by atoms with Gasteiger partial charge in [-0.15, -0.1) is 0 Å².